The van der Waals surface area contributed by atoms with Crippen molar-refractivity contribution in [3.8, 4) is 11.3 Å². The highest BCUT2D eigenvalue weighted by molar-refractivity contribution is 6.33. The van der Waals surface area contributed by atoms with Crippen molar-refractivity contribution in [3.63, 3.8) is 0 Å². The van der Waals surface area contributed by atoms with Crippen LogP contribution < -0.4 is 10.6 Å². The summed E-state index contributed by atoms with van der Waals surface area (Å²) in [6, 6.07) is 9.96. The summed E-state index contributed by atoms with van der Waals surface area (Å²) in [5.74, 6) is -0.0991. The van der Waals surface area contributed by atoms with Gasteiger partial charge in [0, 0.05) is 24.6 Å². The van der Waals surface area contributed by atoms with Crippen LogP contribution in [0.15, 0.2) is 36.4 Å². The summed E-state index contributed by atoms with van der Waals surface area (Å²) in [4.78, 5) is 30.1. The molecule has 0 radical (unpaired) electrons. The maximum Gasteiger partial charge on any atom is 0.306 e. The number of pyridine rings is 1. The molecule has 1 aromatic heterocycles. The Balaban J connectivity index is 1.21. The van der Waals surface area contributed by atoms with E-state index in [1.807, 2.05) is 55.2 Å². The Labute approximate surface area is 222 Å². The maximum atomic E-state index is 12.2. The van der Waals surface area contributed by atoms with E-state index >= 15 is 0 Å². The zero-order valence-corrected chi connectivity index (χ0v) is 21.9. The molecule has 8 nitrogen and oxygen atoms in total. The second kappa shape index (κ2) is 10.7. The molecule has 1 aliphatic carbocycles. The van der Waals surface area contributed by atoms with Gasteiger partial charge in [-0.2, -0.15) is 0 Å². The number of benzene rings is 1. The monoisotopic (exact) mass is 524 g/mol. The summed E-state index contributed by atoms with van der Waals surface area (Å²) in [5, 5.41) is 16.4. The number of piperidine rings is 1. The molecule has 2 aliphatic heterocycles. The highest BCUT2D eigenvalue weighted by atomic mass is 35.5. The van der Waals surface area contributed by atoms with Gasteiger partial charge >= 0.3 is 5.97 Å². The summed E-state index contributed by atoms with van der Waals surface area (Å²) in [5.41, 5.74) is 4.67. The van der Waals surface area contributed by atoms with Gasteiger partial charge in [0.15, 0.2) is 5.82 Å². The van der Waals surface area contributed by atoms with Gasteiger partial charge in [-0.05, 0) is 49.3 Å². The maximum absolute atomic E-state index is 12.2. The normalized spacial score (nSPS) is 21.7. The molecule has 9 heteroatoms. The number of carbonyl (C=O) groups excluding carboxylic acids is 1. The van der Waals surface area contributed by atoms with Crippen molar-refractivity contribution in [1.82, 2.24) is 9.88 Å². The van der Waals surface area contributed by atoms with E-state index in [4.69, 9.17) is 21.3 Å². The van der Waals surface area contributed by atoms with Gasteiger partial charge in [0.1, 0.15) is 0 Å². The Morgan fingerprint density at radius 1 is 1.11 bits per heavy atom. The molecule has 1 aromatic carbocycles. The number of hydrogen-bond donors (Lipinski definition) is 3. The van der Waals surface area contributed by atoms with Gasteiger partial charge in [0.25, 0.3) is 0 Å². The number of halogens is 1. The molecular weight excluding hydrogens is 492 g/mol. The van der Waals surface area contributed by atoms with Crippen LogP contribution in [0.2, 0.25) is 5.02 Å². The second-order valence-corrected chi connectivity index (χ2v) is 10.7. The van der Waals surface area contributed by atoms with Gasteiger partial charge in [-0.25, -0.2) is 4.98 Å². The van der Waals surface area contributed by atoms with Crippen LogP contribution in [0.1, 0.15) is 51.5 Å². The first kappa shape index (κ1) is 25.5. The molecule has 1 fully saturated rings. The lowest BCUT2D eigenvalue weighted by Crippen LogP contribution is -2.44. The third-order valence-electron chi connectivity index (χ3n) is 7.40. The number of amides is 1. The van der Waals surface area contributed by atoms with Crippen molar-refractivity contribution in [2.24, 2.45) is 11.8 Å². The number of fused-ring (bicyclic) bond motifs is 1. The first-order valence-corrected chi connectivity index (χ1v) is 13.4. The molecule has 2 atom stereocenters. The standard InChI is InChI=1S/C28H33ClN4O4/c1-16(2)26(34)33-13-11-21(12-14-33)37-28-30-23-15-22(29)24(31-25(23)32-28)19-7-3-17(4-8-19)18-5-9-20(10-6-18)27(35)36/h3-5,7-8,15-16,20-21,28,30H,6,9-14H2,1-2H3,(H,31,32)(H,35,36). The van der Waals surface area contributed by atoms with E-state index in [1.54, 1.807) is 0 Å². The van der Waals surface area contributed by atoms with E-state index in [9.17, 15) is 14.7 Å². The minimum Gasteiger partial charge on any atom is -0.481 e. The smallest absolute Gasteiger partial charge is 0.306 e. The third-order valence-corrected chi connectivity index (χ3v) is 7.68. The lowest BCUT2D eigenvalue weighted by atomic mass is 9.86. The van der Waals surface area contributed by atoms with Crippen molar-refractivity contribution in [2.75, 3.05) is 23.7 Å². The minimum absolute atomic E-state index is 0.0160. The Kier molecular flexibility index (Phi) is 7.40. The molecule has 1 amide bonds. The lowest BCUT2D eigenvalue weighted by molar-refractivity contribution is -0.142. The molecule has 5 rings (SSSR count). The lowest BCUT2D eigenvalue weighted by Gasteiger charge is -2.34. The summed E-state index contributed by atoms with van der Waals surface area (Å²) >= 11 is 6.61. The zero-order chi connectivity index (χ0) is 26.1. The molecule has 3 N–H and O–H groups in total. The van der Waals surface area contributed by atoms with Gasteiger partial charge in [-0.3, -0.25) is 9.59 Å². The third kappa shape index (κ3) is 5.60. The van der Waals surface area contributed by atoms with Crippen LogP contribution in [0.3, 0.4) is 0 Å². The van der Waals surface area contributed by atoms with Crippen LogP contribution in [0.25, 0.3) is 16.8 Å². The largest absolute Gasteiger partial charge is 0.481 e. The topological polar surface area (TPSA) is 104 Å². The van der Waals surface area contributed by atoms with E-state index < -0.39 is 12.3 Å². The number of carbonyl (C=O) groups is 2. The molecule has 3 heterocycles. The van der Waals surface area contributed by atoms with Crippen LogP contribution in [0.4, 0.5) is 11.5 Å². The number of carboxylic acids is 1. The van der Waals surface area contributed by atoms with Crippen LogP contribution in [0, 0.1) is 11.8 Å². The van der Waals surface area contributed by atoms with Crippen molar-refractivity contribution < 1.29 is 19.4 Å². The zero-order valence-electron chi connectivity index (χ0n) is 21.2. The van der Waals surface area contributed by atoms with E-state index in [2.05, 4.69) is 10.6 Å². The van der Waals surface area contributed by atoms with Crippen LogP contribution in [-0.2, 0) is 14.3 Å². The Morgan fingerprint density at radius 2 is 1.81 bits per heavy atom. The number of ether oxygens (including phenoxy) is 1. The number of likely N-dealkylation sites (tertiary alicyclic amines) is 1. The SMILES string of the molecule is CC(C)C(=O)N1CCC(OC2Nc3cc(Cl)c(-c4ccc(C5=CCC(C(=O)O)CC5)cc4)nc3N2)CC1. The number of hydrogen-bond acceptors (Lipinski definition) is 6. The average Bonchev–Trinajstić information content (AvgIpc) is 3.29. The molecule has 37 heavy (non-hydrogen) atoms. The number of anilines is 2. The molecular formula is C28H33ClN4O4. The predicted octanol–water partition coefficient (Wildman–Crippen LogP) is 5.45. The highest BCUT2D eigenvalue weighted by Crippen LogP contribution is 2.37. The molecule has 3 aliphatic rings. The quantitative estimate of drug-likeness (QED) is 0.461. The highest BCUT2D eigenvalue weighted by Gasteiger charge is 2.30. The number of aromatic nitrogens is 1. The number of nitrogens with zero attached hydrogens (tertiary/aromatic N) is 2. The molecule has 196 valence electrons. The fourth-order valence-corrected chi connectivity index (χ4v) is 5.47. The minimum atomic E-state index is -0.720. The van der Waals surface area contributed by atoms with E-state index in [-0.39, 0.29) is 23.8 Å². The van der Waals surface area contributed by atoms with Crippen molar-refractivity contribution >= 4 is 40.6 Å². The number of carboxylic acid groups (broad SMARTS) is 1. The number of aliphatic carboxylic acids is 1. The van der Waals surface area contributed by atoms with Crippen LogP contribution in [-0.4, -0.2) is 52.4 Å². The first-order valence-electron chi connectivity index (χ1n) is 13.0. The van der Waals surface area contributed by atoms with E-state index in [0.717, 1.165) is 36.1 Å². The van der Waals surface area contributed by atoms with Gasteiger partial charge in [-0.15, -0.1) is 0 Å². The molecule has 0 bridgehead atoms. The Hall–Kier alpha value is -3.10. The predicted molar refractivity (Wildman–Crippen MR) is 144 cm³/mol. The van der Waals surface area contributed by atoms with E-state index in [0.29, 0.717) is 42.5 Å². The van der Waals surface area contributed by atoms with Gasteiger partial charge in [0.2, 0.25) is 12.3 Å². The molecule has 0 spiro atoms. The first-order chi connectivity index (χ1) is 17.8. The van der Waals surface area contributed by atoms with Gasteiger partial charge in [0.05, 0.1) is 28.4 Å². The number of allylic oxidation sites excluding steroid dienone is 2. The van der Waals surface area contributed by atoms with Gasteiger partial charge in [-0.1, -0.05) is 55.8 Å². The van der Waals surface area contributed by atoms with Crippen molar-refractivity contribution in [3.05, 3.63) is 47.0 Å². The summed E-state index contributed by atoms with van der Waals surface area (Å²) in [7, 11) is 0. The molecule has 2 unspecified atom stereocenters. The summed E-state index contributed by atoms with van der Waals surface area (Å²) in [6.07, 6.45) is 5.29. The van der Waals surface area contributed by atoms with Crippen LogP contribution >= 0.6 is 11.6 Å². The van der Waals surface area contributed by atoms with Gasteiger partial charge < -0.3 is 25.4 Å². The van der Waals surface area contributed by atoms with Crippen molar-refractivity contribution in [2.45, 2.75) is 58.4 Å². The fourth-order valence-electron chi connectivity index (χ4n) is 5.21. The Bertz CT molecular complexity index is 1210. The van der Waals surface area contributed by atoms with E-state index in [1.165, 1.54) is 5.57 Å². The summed E-state index contributed by atoms with van der Waals surface area (Å²) < 4.78 is 6.23. The molecule has 2 aromatic rings. The summed E-state index contributed by atoms with van der Waals surface area (Å²) in [6.45, 7) is 5.29. The molecule has 1 saturated heterocycles. The van der Waals surface area contributed by atoms with Crippen molar-refractivity contribution in [1.29, 1.82) is 0 Å². The fraction of sp³-hybridized carbons (Fsp3) is 0.464. The average molecular weight is 525 g/mol. The molecule has 0 saturated carbocycles. The number of rotatable bonds is 6. The number of nitrogens with one attached hydrogen (secondary N) is 2. The second-order valence-electron chi connectivity index (χ2n) is 10.3. The van der Waals surface area contributed by atoms with Crippen LogP contribution in [0.5, 0.6) is 0 Å². The Morgan fingerprint density at radius 3 is 2.43 bits per heavy atom.